The van der Waals surface area contributed by atoms with E-state index >= 15 is 4.79 Å². The maximum absolute atomic E-state index is 15.1. The maximum Gasteiger partial charge on any atom is 0.344 e. The Morgan fingerprint density at radius 3 is 1.72 bits per heavy atom. The van der Waals surface area contributed by atoms with E-state index in [-0.39, 0.29) is 166 Å². The fraction of sp³-hybridized carbons (Fsp3) is 0.676. The van der Waals surface area contributed by atoms with Crippen molar-refractivity contribution in [2.24, 2.45) is 29.6 Å². The van der Waals surface area contributed by atoms with Crippen LogP contribution in [0.1, 0.15) is 218 Å². The molecule has 826 valence electrons. The molecule has 11 N–H and O–H groups in total. The summed E-state index contributed by atoms with van der Waals surface area (Å²) >= 11 is 0. The van der Waals surface area contributed by atoms with E-state index in [1.54, 1.807) is 89.1 Å². The van der Waals surface area contributed by atoms with Gasteiger partial charge < -0.3 is 129 Å². The van der Waals surface area contributed by atoms with Gasteiger partial charge in [-0.25, -0.2) is 4.68 Å². The lowest BCUT2D eigenvalue weighted by Gasteiger charge is -2.41. The van der Waals surface area contributed by atoms with Gasteiger partial charge in [0.05, 0.1) is 179 Å². The van der Waals surface area contributed by atoms with Crippen molar-refractivity contribution in [3.05, 3.63) is 113 Å². The Labute approximate surface area is 871 Å². The monoisotopic (exact) mass is 2100 g/mol. The van der Waals surface area contributed by atoms with Crippen molar-refractivity contribution in [2.75, 3.05) is 171 Å². The van der Waals surface area contributed by atoms with Crippen LogP contribution in [0.2, 0.25) is 0 Å². The van der Waals surface area contributed by atoms with E-state index in [1.165, 1.54) is 38.0 Å². The number of nitrogens with zero attached hydrogens (tertiary/aromatic N) is 7. The Morgan fingerprint density at radius 1 is 0.534 bits per heavy atom. The van der Waals surface area contributed by atoms with Gasteiger partial charge in [-0.2, -0.15) is 0 Å². The number of nitrogens with one attached hydrogen (secondary N) is 8. The molecule has 1 unspecified atom stereocenters. The lowest BCUT2D eigenvalue weighted by atomic mass is 9.89. The highest BCUT2D eigenvalue weighted by Crippen LogP contribution is 2.35. The minimum absolute atomic E-state index is 0.000379. The molecule has 2 aliphatic heterocycles. The van der Waals surface area contributed by atoms with E-state index in [9.17, 15) is 62.4 Å². The number of likely N-dealkylation sites (tertiary alicyclic amines) is 1. The summed E-state index contributed by atoms with van der Waals surface area (Å²) in [6.07, 6.45) is 2.47. The molecule has 0 radical (unpaired) electrons. The number of ether oxygens (including phenoxy) is 11. The van der Waals surface area contributed by atoms with Gasteiger partial charge in [0.2, 0.25) is 70.9 Å². The molecule has 1 fully saturated rings. The Bertz CT molecular complexity index is 4890. The molecule has 3 heterocycles. The number of carbonyl (C=O) groups excluding carboxylic acids is 12. The molecule has 0 bridgehead atoms. The summed E-state index contributed by atoms with van der Waals surface area (Å²) in [5, 5.41) is 42.2. The number of hydrogen-bond donors (Lipinski definition) is 11. The molecule has 1 aliphatic carbocycles. The van der Waals surface area contributed by atoms with Gasteiger partial charge in [0, 0.05) is 84.8 Å². The number of para-hydroxylation sites is 1. The van der Waals surface area contributed by atoms with Gasteiger partial charge in [-0.1, -0.05) is 159 Å². The second kappa shape index (κ2) is 67.1. The molecule has 1 aromatic heterocycles. The normalized spacial score (nSPS) is 16.5. The van der Waals surface area contributed by atoms with Crippen molar-refractivity contribution in [1.29, 1.82) is 0 Å². The van der Waals surface area contributed by atoms with Crippen LogP contribution >= 0.6 is 7.60 Å². The predicted molar refractivity (Wildman–Crippen MR) is 550 cm³/mol. The predicted octanol–water partition coefficient (Wildman–Crippen LogP) is 5.66. The number of unbranched alkanes of at least 4 members (excludes halogenated alkanes) is 1. The van der Waals surface area contributed by atoms with Crippen LogP contribution in [0.3, 0.4) is 0 Å². The summed E-state index contributed by atoms with van der Waals surface area (Å²) in [5.74, 6) is -1.90. The van der Waals surface area contributed by atoms with Gasteiger partial charge in [0.1, 0.15) is 54.9 Å². The van der Waals surface area contributed by atoms with E-state index in [4.69, 9.17) is 61.9 Å². The van der Waals surface area contributed by atoms with Gasteiger partial charge in [-0.15, -0.1) is 5.10 Å². The van der Waals surface area contributed by atoms with Gasteiger partial charge >= 0.3 is 7.60 Å². The minimum Gasteiger partial charge on any atom is -0.386 e. The Morgan fingerprint density at radius 2 is 1.11 bits per heavy atom. The lowest BCUT2D eigenvalue weighted by molar-refractivity contribution is -0.149. The summed E-state index contributed by atoms with van der Waals surface area (Å²) in [5.41, 5.74) is 5.40. The van der Waals surface area contributed by atoms with Crippen LogP contribution in [-0.2, 0) is 134 Å². The molecule has 4 aromatic rings. The number of aliphatic hydroxyl groups excluding tert-OH is 1. The largest absolute Gasteiger partial charge is 0.386 e. The molecule has 43 heteroatoms. The Kier molecular flexibility index (Phi) is 56.5. The van der Waals surface area contributed by atoms with Crippen LogP contribution in [0.25, 0.3) is 0 Å². The number of carbonyl (C=O) groups is 12. The van der Waals surface area contributed by atoms with Gasteiger partial charge in [0.15, 0.2) is 0 Å². The molecule has 1 saturated heterocycles. The number of amides is 12. The first-order chi connectivity index (χ1) is 70.9. The molecule has 3 aliphatic rings. The number of rotatable bonds is 70. The van der Waals surface area contributed by atoms with Crippen LogP contribution < -0.4 is 47.4 Å². The molecule has 148 heavy (non-hydrogen) atoms. The maximum atomic E-state index is 15.1. The first-order valence-corrected chi connectivity index (χ1v) is 53.8. The quantitative estimate of drug-likeness (QED) is 0.0144. The summed E-state index contributed by atoms with van der Waals surface area (Å²) in [6.45, 7) is 24.2. The zero-order valence-corrected chi connectivity index (χ0v) is 90.0. The lowest BCUT2D eigenvalue weighted by Crippen LogP contribution is -2.62. The molecule has 0 spiro atoms. The fourth-order valence-electron chi connectivity index (χ4n) is 18.0. The number of anilines is 1. The first kappa shape index (κ1) is 125. The minimum atomic E-state index is -4.34. The third-order valence-corrected chi connectivity index (χ3v) is 27.0. The van der Waals surface area contributed by atoms with E-state index < -0.39 is 152 Å². The highest BCUT2D eigenvalue weighted by molar-refractivity contribution is 7.51. The van der Waals surface area contributed by atoms with Crippen molar-refractivity contribution < 1.29 is 129 Å². The van der Waals surface area contributed by atoms with Gasteiger partial charge in [0.25, 0.3) is 0 Å². The summed E-state index contributed by atoms with van der Waals surface area (Å²) < 4.78 is 76.1. The van der Waals surface area contributed by atoms with Crippen LogP contribution in [0.15, 0.2) is 78.9 Å². The van der Waals surface area contributed by atoms with Crippen LogP contribution in [0, 0.1) is 41.4 Å². The molecule has 7 rings (SSSR count). The van der Waals surface area contributed by atoms with Gasteiger partial charge in [-0.3, -0.25) is 62.1 Å². The average Bonchev–Trinajstić information content (AvgIpc) is 1.30. The van der Waals surface area contributed by atoms with Crippen LogP contribution in [0.5, 0.6) is 0 Å². The number of likely N-dealkylation sites (N-methyl/N-ethyl adjacent to an activating group) is 2. The van der Waals surface area contributed by atoms with E-state index in [1.807, 2.05) is 80.6 Å². The number of fused-ring (bicyclic) bond motifs is 3. The number of methoxy groups -OCH3 is 2. The summed E-state index contributed by atoms with van der Waals surface area (Å²) in [7, 11) is 1.71. The Balaban J connectivity index is 0.885. The number of aromatic nitrogens is 3. The number of hydrogen-bond acceptors (Lipinski definition) is 27. The second-order valence-electron chi connectivity index (χ2n) is 38.7. The third kappa shape index (κ3) is 42.5. The molecule has 14 atom stereocenters. The molecule has 42 nitrogen and oxygen atoms in total. The van der Waals surface area contributed by atoms with Crippen molar-refractivity contribution in [1.82, 2.24) is 72.2 Å². The Hall–Kier alpha value is -10.3. The zero-order valence-electron chi connectivity index (χ0n) is 89.1. The number of benzene rings is 3. The molecule has 3 aromatic carbocycles. The van der Waals surface area contributed by atoms with Crippen molar-refractivity contribution in [2.45, 2.75) is 265 Å². The first-order valence-electron chi connectivity index (χ1n) is 52.0. The second-order valence-corrected chi connectivity index (χ2v) is 40.3. The van der Waals surface area contributed by atoms with Crippen molar-refractivity contribution in [3.8, 4) is 11.8 Å². The molecular weight excluding hydrogens is 1930 g/mol. The summed E-state index contributed by atoms with van der Waals surface area (Å²) in [6, 6.07) is 16.3. The summed E-state index contributed by atoms with van der Waals surface area (Å²) in [4.78, 5) is 192. The van der Waals surface area contributed by atoms with E-state index in [2.05, 4.69) is 64.7 Å². The average molecular weight is 2100 g/mol. The smallest absolute Gasteiger partial charge is 0.344 e. The zero-order chi connectivity index (χ0) is 108. The van der Waals surface area contributed by atoms with E-state index in [0.717, 1.165) is 41.6 Å². The highest BCUT2D eigenvalue weighted by atomic mass is 31.2. The van der Waals surface area contributed by atoms with Crippen molar-refractivity contribution in [3.63, 3.8) is 0 Å². The van der Waals surface area contributed by atoms with Crippen molar-refractivity contribution >= 4 is 84.2 Å². The standard InChI is InChI=1S/C105H164N15O27P/c1-16-73(8)97(86(137-14)66-92(126)118-48-29-38-84(118)99(138-15)74(9)100(128)109-75(10)98(127)79-32-19-17-20-33-79)117(13)105(133)94(71(4)5)113-103(131)96(72(6)7)116(12)104(132)76(11)110-102(130)93(70(2)3)112-101(129)81(111-89(123)45-51-140-55-59-144-62-64-145-60-56-141-52-47-107-87(121)42-43-91(125)119-67-80-34-24-23-30-77(80)40-41-78-31-25-26-36-82(78)119)35-27-28-46-106-90(124)68-147-85-39-22-18-21-37-83-95(85)114-115-120(83)49-53-142-57-61-146-65-63-143-58-54-139-50-44-88(122)108-69-148(134,135)136/h17,19-20,23-26,30-34,36,70-76,81,84-86,93-94,96-99,127H,16,18,21-22,27-29,35,37-39,42-69H2,1-15H3,(H,106,124)(H,107,121)(H,108,122)(H,109,128)(H,110,130)(H,111,123)(H,112,129)(H,113,131)(H2,134,135,136)/t73-,74+,75+,76-,81+,84-,85?,86+,93-,94-,96-,97-,98+,99+/m0/s1. The van der Waals surface area contributed by atoms with E-state index in [0.29, 0.717) is 115 Å². The number of aliphatic hydroxyl groups is 1. The SMILES string of the molecule is CC[C@H](C)[C@@H]([C@@H](CC(=O)N1CCC[C@H]1[C@H](OC)[C@@H](C)C(=O)N[C@H](C)[C@@H](O)c1ccccc1)OC)N(C)C(=O)[C@@H](NC(=O)[C@H](C(C)C)N(C)C(=O)[C@H](C)NC(=O)[C@@H](NC(=O)[C@@H](CCCCNC(=O)COC1CCCCCc2c1nnn2CCOCCOCCOCCOCCC(=O)NCP(=O)(O)O)NC(=O)CCOCCOCCOCCOCCNC(=O)CCC(=O)N1Cc2ccccc2C#Cc2ccccc21)C(C)C)C(C)C. The third-order valence-electron chi connectivity index (χ3n) is 26.4. The molecular formula is C105H164N15O27P. The van der Waals surface area contributed by atoms with Crippen LogP contribution in [0.4, 0.5) is 5.69 Å². The fourth-order valence-corrected chi connectivity index (χ4v) is 18.3. The van der Waals surface area contributed by atoms with Crippen LogP contribution in [-0.4, -0.2) is 343 Å². The molecule has 0 saturated carbocycles. The highest BCUT2D eigenvalue weighted by Gasteiger charge is 2.45. The molecule has 12 amide bonds. The topological polar surface area (TPSA) is 524 Å². The van der Waals surface area contributed by atoms with Gasteiger partial charge in [-0.05, 0) is 118 Å².